The van der Waals surface area contributed by atoms with Crippen molar-refractivity contribution in [3.63, 3.8) is 0 Å². The molecule has 10 heteroatoms. The SMILES string of the molecule is O=C(COc1cc(Cl)c(Cl)cc1Cl)NCc1nn[nH]n1. The van der Waals surface area contributed by atoms with Gasteiger partial charge in [0.1, 0.15) is 5.75 Å². The Balaban J connectivity index is 1.85. The van der Waals surface area contributed by atoms with E-state index < -0.39 is 0 Å². The third kappa shape index (κ3) is 3.96. The third-order valence-electron chi connectivity index (χ3n) is 2.17. The number of rotatable bonds is 5. The van der Waals surface area contributed by atoms with E-state index in [0.29, 0.717) is 15.9 Å². The average Bonchev–Trinajstić information content (AvgIpc) is 2.92. The lowest BCUT2D eigenvalue weighted by atomic mass is 10.3. The average molecular weight is 337 g/mol. The zero-order valence-corrected chi connectivity index (χ0v) is 12.1. The Hall–Kier alpha value is -1.57. The molecule has 1 heterocycles. The van der Waals surface area contributed by atoms with Crippen LogP contribution in [-0.4, -0.2) is 33.1 Å². The number of tetrazole rings is 1. The van der Waals surface area contributed by atoms with Gasteiger partial charge in [0.05, 0.1) is 21.6 Å². The van der Waals surface area contributed by atoms with Crippen LogP contribution >= 0.6 is 34.8 Å². The van der Waals surface area contributed by atoms with Crippen LogP contribution in [0.15, 0.2) is 12.1 Å². The lowest BCUT2D eigenvalue weighted by Gasteiger charge is -2.09. The lowest BCUT2D eigenvalue weighted by Crippen LogP contribution is -2.28. The number of halogens is 3. The number of ether oxygens (including phenoxy) is 1. The maximum atomic E-state index is 11.6. The van der Waals surface area contributed by atoms with Crippen molar-refractivity contribution < 1.29 is 9.53 Å². The van der Waals surface area contributed by atoms with E-state index >= 15 is 0 Å². The summed E-state index contributed by atoms with van der Waals surface area (Å²) in [7, 11) is 0. The van der Waals surface area contributed by atoms with Crippen LogP contribution in [0, 0.1) is 0 Å². The Labute approximate surface area is 128 Å². The molecule has 1 amide bonds. The number of nitrogens with zero attached hydrogens (tertiary/aromatic N) is 3. The summed E-state index contributed by atoms with van der Waals surface area (Å²) in [6, 6.07) is 2.89. The molecule has 0 unspecified atom stereocenters. The quantitative estimate of drug-likeness (QED) is 0.813. The Kier molecular flexibility index (Phi) is 4.99. The summed E-state index contributed by atoms with van der Waals surface area (Å²) in [6.45, 7) is -0.0800. The van der Waals surface area contributed by atoms with E-state index in [1.807, 2.05) is 0 Å². The molecule has 2 rings (SSSR count). The summed E-state index contributed by atoms with van der Waals surface area (Å²) in [5, 5.41) is 16.4. The summed E-state index contributed by atoms with van der Waals surface area (Å²) >= 11 is 17.5. The molecule has 0 aliphatic heterocycles. The molecular formula is C10H8Cl3N5O2. The van der Waals surface area contributed by atoms with Gasteiger partial charge in [-0.05, 0) is 6.07 Å². The number of H-pyrrole nitrogens is 1. The van der Waals surface area contributed by atoms with E-state index in [1.165, 1.54) is 12.1 Å². The molecule has 2 N–H and O–H groups in total. The first-order valence-electron chi connectivity index (χ1n) is 5.32. The van der Waals surface area contributed by atoms with Gasteiger partial charge in [-0.2, -0.15) is 5.21 Å². The summed E-state index contributed by atoms with van der Waals surface area (Å²) in [5.41, 5.74) is 0. The molecule has 0 aliphatic rings. The third-order valence-corrected chi connectivity index (χ3v) is 3.18. The van der Waals surface area contributed by atoms with Gasteiger partial charge in [-0.3, -0.25) is 4.79 Å². The molecule has 7 nitrogen and oxygen atoms in total. The van der Waals surface area contributed by atoms with Crippen molar-refractivity contribution >= 4 is 40.7 Å². The van der Waals surface area contributed by atoms with Gasteiger partial charge >= 0.3 is 0 Å². The Morgan fingerprint density at radius 3 is 2.70 bits per heavy atom. The van der Waals surface area contributed by atoms with Crippen molar-refractivity contribution in [3.05, 3.63) is 33.0 Å². The van der Waals surface area contributed by atoms with Crippen molar-refractivity contribution in [3.8, 4) is 5.75 Å². The highest BCUT2D eigenvalue weighted by Gasteiger charge is 2.10. The fourth-order valence-corrected chi connectivity index (χ4v) is 1.84. The number of amides is 1. The van der Waals surface area contributed by atoms with E-state index in [9.17, 15) is 4.79 Å². The van der Waals surface area contributed by atoms with Gasteiger partial charge < -0.3 is 10.1 Å². The van der Waals surface area contributed by atoms with Gasteiger partial charge in [-0.15, -0.1) is 10.2 Å². The van der Waals surface area contributed by atoms with Crippen LogP contribution in [0.25, 0.3) is 0 Å². The lowest BCUT2D eigenvalue weighted by molar-refractivity contribution is -0.123. The number of carbonyl (C=O) groups excluding carboxylic acids is 1. The summed E-state index contributed by atoms with van der Waals surface area (Å²) in [4.78, 5) is 11.6. The number of aromatic nitrogens is 4. The number of carbonyl (C=O) groups is 1. The normalized spacial score (nSPS) is 10.3. The number of hydrogen-bond donors (Lipinski definition) is 2. The second kappa shape index (κ2) is 6.74. The molecule has 0 saturated heterocycles. The van der Waals surface area contributed by atoms with Crippen LogP contribution in [0.4, 0.5) is 0 Å². The first-order valence-corrected chi connectivity index (χ1v) is 6.46. The largest absolute Gasteiger partial charge is 0.482 e. The van der Waals surface area contributed by atoms with Crippen molar-refractivity contribution in [2.75, 3.05) is 6.61 Å². The first kappa shape index (κ1) is 14.8. The number of aromatic amines is 1. The maximum absolute atomic E-state index is 11.6. The highest BCUT2D eigenvalue weighted by Crippen LogP contribution is 2.33. The highest BCUT2D eigenvalue weighted by atomic mass is 35.5. The van der Waals surface area contributed by atoms with E-state index in [0.717, 1.165) is 0 Å². The van der Waals surface area contributed by atoms with E-state index in [-0.39, 0.29) is 29.8 Å². The highest BCUT2D eigenvalue weighted by molar-refractivity contribution is 6.43. The van der Waals surface area contributed by atoms with Crippen molar-refractivity contribution in [2.45, 2.75) is 6.54 Å². The predicted molar refractivity (Wildman–Crippen MR) is 73.0 cm³/mol. The summed E-state index contributed by atoms with van der Waals surface area (Å²) in [5.74, 6) is 0.277. The molecule has 0 bridgehead atoms. The van der Waals surface area contributed by atoms with Gasteiger partial charge in [-0.1, -0.05) is 40.0 Å². The Morgan fingerprint density at radius 1 is 1.25 bits per heavy atom. The van der Waals surface area contributed by atoms with Crippen LogP contribution in [0.2, 0.25) is 15.1 Å². The van der Waals surface area contributed by atoms with E-state index in [1.54, 1.807) is 0 Å². The van der Waals surface area contributed by atoms with Crippen LogP contribution < -0.4 is 10.1 Å². The number of hydrogen-bond acceptors (Lipinski definition) is 5. The van der Waals surface area contributed by atoms with E-state index in [2.05, 4.69) is 25.9 Å². The molecule has 2 aromatic rings. The van der Waals surface area contributed by atoms with Gasteiger partial charge in [0.2, 0.25) is 0 Å². The van der Waals surface area contributed by atoms with Crippen LogP contribution in [0.3, 0.4) is 0 Å². The predicted octanol–water partition coefficient (Wildman–Crippen LogP) is 1.86. The molecule has 0 radical (unpaired) electrons. The minimum absolute atomic E-state index is 0.147. The fourth-order valence-electron chi connectivity index (χ4n) is 1.24. The van der Waals surface area contributed by atoms with Crippen LogP contribution in [0.1, 0.15) is 5.82 Å². The second-order valence-corrected chi connectivity index (χ2v) is 4.81. The minimum atomic E-state index is -0.364. The number of nitrogens with one attached hydrogen (secondary N) is 2. The minimum Gasteiger partial charge on any atom is -0.482 e. The molecule has 1 aromatic heterocycles. The van der Waals surface area contributed by atoms with E-state index in [4.69, 9.17) is 39.5 Å². The standard InChI is InChI=1S/C10H8Cl3N5O2/c11-5-1-7(13)8(2-6(5)12)20-4-10(19)14-3-9-15-17-18-16-9/h1-2H,3-4H2,(H,14,19)(H,15,16,17,18). The van der Waals surface area contributed by atoms with Gasteiger partial charge in [0.25, 0.3) is 5.91 Å². The monoisotopic (exact) mass is 335 g/mol. The molecule has 0 fully saturated rings. The fraction of sp³-hybridized carbons (Fsp3) is 0.200. The topological polar surface area (TPSA) is 92.8 Å². The molecule has 0 saturated carbocycles. The van der Waals surface area contributed by atoms with Crippen LogP contribution in [-0.2, 0) is 11.3 Å². The van der Waals surface area contributed by atoms with Gasteiger partial charge in [0.15, 0.2) is 12.4 Å². The molecule has 20 heavy (non-hydrogen) atoms. The summed E-state index contributed by atoms with van der Waals surface area (Å²) < 4.78 is 5.25. The zero-order valence-electron chi connectivity index (χ0n) is 9.86. The Morgan fingerprint density at radius 2 is 2.00 bits per heavy atom. The number of benzene rings is 1. The van der Waals surface area contributed by atoms with Crippen molar-refractivity contribution in [2.24, 2.45) is 0 Å². The van der Waals surface area contributed by atoms with Crippen molar-refractivity contribution in [1.29, 1.82) is 0 Å². The second-order valence-electron chi connectivity index (χ2n) is 3.59. The van der Waals surface area contributed by atoms with Crippen molar-refractivity contribution in [1.82, 2.24) is 25.9 Å². The molecule has 106 valence electrons. The molecule has 0 spiro atoms. The van der Waals surface area contributed by atoms with Gasteiger partial charge in [0, 0.05) is 6.07 Å². The molecule has 0 atom stereocenters. The maximum Gasteiger partial charge on any atom is 0.258 e. The smallest absolute Gasteiger partial charge is 0.258 e. The first-order chi connectivity index (χ1) is 9.56. The zero-order chi connectivity index (χ0) is 14.5. The molecular weight excluding hydrogens is 329 g/mol. The Bertz CT molecular complexity index is 605. The van der Waals surface area contributed by atoms with Crippen LogP contribution in [0.5, 0.6) is 5.75 Å². The molecule has 0 aliphatic carbocycles. The summed E-state index contributed by atoms with van der Waals surface area (Å²) in [6.07, 6.45) is 0. The molecule has 1 aromatic carbocycles. The van der Waals surface area contributed by atoms with Gasteiger partial charge in [-0.25, -0.2) is 0 Å².